The van der Waals surface area contributed by atoms with Crippen molar-refractivity contribution >= 4 is 29.2 Å². The van der Waals surface area contributed by atoms with E-state index in [1.54, 1.807) is 0 Å². The van der Waals surface area contributed by atoms with Crippen LogP contribution in [-0.4, -0.2) is 43.0 Å². The highest BCUT2D eigenvalue weighted by Crippen LogP contribution is 2.26. The minimum Gasteiger partial charge on any atom is -0.457 e. The summed E-state index contributed by atoms with van der Waals surface area (Å²) in [4.78, 5) is 25.4. The highest BCUT2D eigenvalue weighted by Gasteiger charge is 2.36. The Morgan fingerprint density at radius 2 is 1.69 bits per heavy atom. The fourth-order valence-corrected chi connectivity index (χ4v) is 3.87. The molecule has 2 aromatic rings. The number of halogens is 1. The second-order valence-corrected chi connectivity index (χ2v) is 8.35. The van der Waals surface area contributed by atoms with Gasteiger partial charge in [0, 0.05) is 17.1 Å². The van der Waals surface area contributed by atoms with Gasteiger partial charge in [-0.15, -0.1) is 0 Å². The number of carbonyl (C=O) groups excluding carboxylic acids is 2. The van der Waals surface area contributed by atoms with Gasteiger partial charge in [-0.3, -0.25) is 4.79 Å². The molecule has 0 saturated heterocycles. The number of aryl methyl sites for hydroxylation is 2. The van der Waals surface area contributed by atoms with Crippen LogP contribution in [0.4, 0.5) is 5.69 Å². The molecule has 0 radical (unpaired) electrons. The lowest BCUT2D eigenvalue weighted by molar-refractivity contribution is -0.898. The van der Waals surface area contributed by atoms with Crippen molar-refractivity contribution in [3.8, 4) is 0 Å². The van der Waals surface area contributed by atoms with Crippen LogP contribution < -0.4 is 5.32 Å². The van der Waals surface area contributed by atoms with Crippen molar-refractivity contribution in [2.24, 2.45) is 0 Å². The lowest BCUT2D eigenvalue weighted by Crippen LogP contribution is -2.56. The fourth-order valence-electron chi connectivity index (χ4n) is 3.54. The van der Waals surface area contributed by atoms with Gasteiger partial charge >= 0.3 is 5.97 Å². The molecule has 0 aliphatic carbocycles. The summed E-state index contributed by atoms with van der Waals surface area (Å²) in [6.45, 7) is 6.11. The van der Waals surface area contributed by atoms with Gasteiger partial charge in [0.15, 0.2) is 12.6 Å². The van der Waals surface area contributed by atoms with E-state index in [0.717, 1.165) is 22.4 Å². The lowest BCUT2D eigenvalue weighted by Gasteiger charge is -2.35. The van der Waals surface area contributed by atoms with Crippen LogP contribution in [0.2, 0.25) is 5.02 Å². The number of hydrogen-bond acceptors (Lipinski definition) is 3. The number of hydrogen-bond donors (Lipinski definition) is 1. The van der Waals surface area contributed by atoms with E-state index in [1.807, 2.05) is 77.3 Å². The summed E-state index contributed by atoms with van der Waals surface area (Å²) in [5.41, 5.74) is 3.52. The van der Waals surface area contributed by atoms with Crippen LogP contribution in [0.5, 0.6) is 0 Å². The van der Waals surface area contributed by atoms with Gasteiger partial charge in [0.2, 0.25) is 0 Å². The average Bonchev–Trinajstić information content (AvgIpc) is 2.63. The first-order valence-corrected chi connectivity index (χ1v) is 10.1. The van der Waals surface area contributed by atoms with Crippen LogP contribution in [0.1, 0.15) is 30.0 Å². The molecular weight excluding hydrogens is 388 g/mol. The molecule has 0 aliphatic heterocycles. The Hall–Kier alpha value is -2.37. The molecule has 5 nitrogen and oxygen atoms in total. The molecule has 1 unspecified atom stereocenters. The summed E-state index contributed by atoms with van der Waals surface area (Å²) in [5, 5.41) is 3.67. The molecule has 2 aromatic carbocycles. The third-order valence-corrected chi connectivity index (χ3v) is 5.28. The highest BCUT2D eigenvalue weighted by molar-refractivity contribution is 6.30. The first kappa shape index (κ1) is 22.9. The maximum Gasteiger partial charge on any atom is 0.362 e. The second kappa shape index (κ2) is 9.90. The van der Waals surface area contributed by atoms with Crippen LogP contribution in [0.25, 0.3) is 0 Å². The van der Waals surface area contributed by atoms with E-state index in [1.165, 1.54) is 0 Å². The molecule has 0 aromatic heterocycles. The zero-order chi connectivity index (χ0) is 21.6. The van der Waals surface area contributed by atoms with Crippen LogP contribution in [-0.2, 0) is 20.9 Å². The van der Waals surface area contributed by atoms with Gasteiger partial charge in [-0.2, -0.15) is 0 Å². The van der Waals surface area contributed by atoms with Gasteiger partial charge in [-0.1, -0.05) is 48.9 Å². The Balaban J connectivity index is 2.04. The van der Waals surface area contributed by atoms with E-state index >= 15 is 0 Å². The van der Waals surface area contributed by atoms with Crippen LogP contribution in [0, 0.1) is 13.8 Å². The predicted molar refractivity (Wildman–Crippen MR) is 117 cm³/mol. The summed E-state index contributed by atoms with van der Waals surface area (Å²) in [6.07, 6.45) is 0.594. The normalized spacial score (nSPS) is 12.3. The number of carbonyl (C=O) groups is 2. The van der Waals surface area contributed by atoms with E-state index in [-0.39, 0.29) is 29.5 Å². The molecule has 0 bridgehead atoms. The van der Waals surface area contributed by atoms with Crippen molar-refractivity contribution in [3.05, 3.63) is 64.2 Å². The van der Waals surface area contributed by atoms with Gasteiger partial charge in [-0.25, -0.2) is 4.79 Å². The molecule has 1 N–H and O–H groups in total. The second-order valence-electron chi connectivity index (χ2n) is 7.91. The first-order chi connectivity index (χ1) is 13.6. The largest absolute Gasteiger partial charge is 0.457 e. The van der Waals surface area contributed by atoms with E-state index in [0.29, 0.717) is 11.4 Å². The predicted octanol–water partition coefficient (Wildman–Crippen LogP) is 4.49. The summed E-state index contributed by atoms with van der Waals surface area (Å²) >= 11 is 6.09. The average molecular weight is 418 g/mol. The Labute approximate surface area is 178 Å². The van der Waals surface area contributed by atoms with Crippen molar-refractivity contribution < 1.29 is 18.8 Å². The van der Waals surface area contributed by atoms with Crippen molar-refractivity contribution in [1.29, 1.82) is 0 Å². The topological polar surface area (TPSA) is 55.4 Å². The molecule has 0 spiro atoms. The third-order valence-electron chi connectivity index (χ3n) is 5.06. The Bertz CT molecular complexity index is 843. The summed E-state index contributed by atoms with van der Waals surface area (Å²) < 4.78 is 5.62. The zero-order valence-electron chi connectivity index (χ0n) is 17.8. The SMILES string of the molecule is CCC(C(=O)Nc1c(C)cc(Cl)cc1C)[N+](C)(C)CC(=O)OCc1ccccc1. The maximum atomic E-state index is 13.0. The maximum absolute atomic E-state index is 13.0. The molecule has 2 rings (SSSR count). The lowest BCUT2D eigenvalue weighted by atomic mass is 10.1. The molecule has 0 saturated carbocycles. The molecule has 1 atom stereocenters. The zero-order valence-corrected chi connectivity index (χ0v) is 18.5. The van der Waals surface area contributed by atoms with Crippen LogP contribution >= 0.6 is 11.6 Å². The minimum absolute atomic E-state index is 0.108. The van der Waals surface area contributed by atoms with E-state index in [2.05, 4.69) is 5.32 Å². The number of quaternary nitrogens is 1. The smallest absolute Gasteiger partial charge is 0.362 e. The fraction of sp³-hybridized carbons (Fsp3) is 0.391. The van der Waals surface area contributed by atoms with Gasteiger partial charge in [0.1, 0.15) is 6.61 Å². The minimum atomic E-state index is -0.395. The number of anilines is 1. The highest BCUT2D eigenvalue weighted by atomic mass is 35.5. The number of ether oxygens (including phenoxy) is 1. The molecule has 0 fully saturated rings. The number of likely N-dealkylation sites (N-methyl/N-ethyl adjacent to an activating group) is 1. The molecule has 156 valence electrons. The van der Waals surface area contributed by atoms with Crippen molar-refractivity contribution in [2.45, 2.75) is 39.8 Å². The monoisotopic (exact) mass is 417 g/mol. The van der Waals surface area contributed by atoms with E-state index in [9.17, 15) is 9.59 Å². The van der Waals surface area contributed by atoms with E-state index < -0.39 is 6.04 Å². The molecule has 1 amide bonds. The summed E-state index contributed by atoms with van der Waals surface area (Å²) in [5.74, 6) is -0.453. The number of nitrogens with one attached hydrogen (secondary N) is 1. The van der Waals surface area contributed by atoms with Crippen molar-refractivity contribution in [1.82, 2.24) is 0 Å². The molecule has 0 heterocycles. The van der Waals surface area contributed by atoms with Crippen molar-refractivity contribution in [3.63, 3.8) is 0 Å². The van der Waals surface area contributed by atoms with Crippen molar-refractivity contribution in [2.75, 3.05) is 26.0 Å². The third kappa shape index (κ3) is 6.31. The number of esters is 1. The molecule has 0 aliphatic rings. The Morgan fingerprint density at radius 1 is 1.10 bits per heavy atom. The van der Waals surface area contributed by atoms with E-state index in [4.69, 9.17) is 16.3 Å². The molecule has 6 heteroatoms. The summed E-state index contributed by atoms with van der Waals surface area (Å²) in [7, 11) is 3.75. The number of amides is 1. The Morgan fingerprint density at radius 3 is 2.24 bits per heavy atom. The van der Waals surface area contributed by atoms with Gasteiger partial charge in [0.05, 0.1) is 14.1 Å². The standard InChI is InChI=1S/C23H29ClN2O3/c1-6-20(23(28)25-22-16(2)12-19(24)13-17(22)3)26(4,5)14-21(27)29-15-18-10-8-7-9-11-18/h7-13,20H,6,14-15H2,1-5H3/p+1. The Kier molecular flexibility index (Phi) is 7.82. The first-order valence-electron chi connectivity index (χ1n) is 9.74. The quantitative estimate of drug-likeness (QED) is 0.508. The summed E-state index contributed by atoms with van der Waals surface area (Å²) in [6, 6.07) is 12.8. The van der Waals surface area contributed by atoms with Crippen LogP contribution in [0.3, 0.4) is 0 Å². The number of benzene rings is 2. The van der Waals surface area contributed by atoms with Gasteiger partial charge in [-0.05, 0) is 42.7 Å². The number of rotatable bonds is 8. The number of nitrogens with zero attached hydrogens (tertiary/aromatic N) is 1. The molecular formula is C23H30ClN2O3+. The van der Waals surface area contributed by atoms with Gasteiger partial charge < -0.3 is 14.5 Å². The van der Waals surface area contributed by atoms with Crippen LogP contribution in [0.15, 0.2) is 42.5 Å². The molecule has 29 heavy (non-hydrogen) atoms. The van der Waals surface area contributed by atoms with Gasteiger partial charge in [0.25, 0.3) is 5.91 Å².